The molecule has 0 aliphatic carbocycles. The van der Waals surface area contributed by atoms with Crippen LogP contribution in [0, 0.1) is 0 Å². The van der Waals surface area contributed by atoms with E-state index in [1.165, 1.54) is 16.9 Å². The molecule has 0 saturated heterocycles. The topological polar surface area (TPSA) is 47.8 Å². The van der Waals surface area contributed by atoms with Crippen molar-refractivity contribution in [1.29, 1.82) is 0 Å². The number of rotatable bonds is 7. The molecule has 4 aromatic rings. The molecule has 0 spiro atoms. The number of benzene rings is 1. The molecule has 0 N–H and O–H groups in total. The molecular formula is C22H23N3OS2. The number of aromatic nitrogens is 3. The van der Waals surface area contributed by atoms with Gasteiger partial charge in [0.05, 0.1) is 12.1 Å². The van der Waals surface area contributed by atoms with Crippen LogP contribution in [0.2, 0.25) is 0 Å². The van der Waals surface area contributed by atoms with Crippen LogP contribution in [-0.2, 0) is 13.0 Å². The highest BCUT2D eigenvalue weighted by Gasteiger charge is 2.17. The molecule has 0 aliphatic rings. The summed E-state index contributed by atoms with van der Waals surface area (Å²) in [4.78, 5) is 23.6. The third kappa shape index (κ3) is 3.71. The molecule has 0 atom stereocenters. The summed E-state index contributed by atoms with van der Waals surface area (Å²) in [6.07, 6.45) is 5.02. The number of thiophene rings is 1. The van der Waals surface area contributed by atoms with Gasteiger partial charge in [-0.25, -0.2) is 9.97 Å². The summed E-state index contributed by atoms with van der Waals surface area (Å²) >= 11 is 3.12. The number of hydrogen-bond donors (Lipinski definition) is 0. The fourth-order valence-corrected chi connectivity index (χ4v) is 5.27. The molecule has 144 valence electrons. The van der Waals surface area contributed by atoms with Crippen LogP contribution >= 0.6 is 23.1 Å². The molecule has 0 fully saturated rings. The van der Waals surface area contributed by atoms with E-state index in [0.717, 1.165) is 51.5 Å². The molecule has 0 saturated carbocycles. The van der Waals surface area contributed by atoms with Crippen molar-refractivity contribution in [2.75, 3.05) is 5.75 Å². The first-order valence-corrected chi connectivity index (χ1v) is 11.5. The van der Waals surface area contributed by atoms with E-state index in [4.69, 9.17) is 4.98 Å². The third-order valence-corrected chi connectivity index (χ3v) is 6.97. The van der Waals surface area contributed by atoms with Gasteiger partial charge in [-0.1, -0.05) is 56.3 Å². The zero-order chi connectivity index (χ0) is 19.5. The van der Waals surface area contributed by atoms with Crippen LogP contribution in [0.3, 0.4) is 0 Å². The second-order valence-electron chi connectivity index (χ2n) is 6.79. The minimum atomic E-state index is 0.0339. The predicted octanol–water partition coefficient (Wildman–Crippen LogP) is 5.51. The van der Waals surface area contributed by atoms with E-state index in [2.05, 4.69) is 43.1 Å². The third-order valence-electron chi connectivity index (χ3n) is 4.82. The highest BCUT2D eigenvalue weighted by Crippen LogP contribution is 2.30. The van der Waals surface area contributed by atoms with Gasteiger partial charge in [-0.3, -0.25) is 9.36 Å². The molecule has 28 heavy (non-hydrogen) atoms. The lowest BCUT2D eigenvalue weighted by molar-refractivity contribution is 0.659. The first kappa shape index (κ1) is 19.2. The van der Waals surface area contributed by atoms with Crippen molar-refractivity contribution >= 4 is 43.5 Å². The number of aryl methyl sites for hydroxylation is 1. The van der Waals surface area contributed by atoms with Gasteiger partial charge in [-0.05, 0) is 36.1 Å². The summed E-state index contributed by atoms with van der Waals surface area (Å²) in [5, 5.41) is 1.77. The van der Waals surface area contributed by atoms with Gasteiger partial charge in [0, 0.05) is 17.3 Å². The first-order chi connectivity index (χ1) is 13.7. The van der Waals surface area contributed by atoms with Crippen LogP contribution in [-0.4, -0.2) is 20.3 Å². The monoisotopic (exact) mass is 409 g/mol. The lowest BCUT2D eigenvalue weighted by atomic mass is 10.1. The normalized spacial score (nSPS) is 11.5. The van der Waals surface area contributed by atoms with E-state index in [1.54, 1.807) is 18.0 Å². The van der Waals surface area contributed by atoms with E-state index < -0.39 is 0 Å². The molecule has 0 unspecified atom stereocenters. The standard InChI is InChI=1S/C22H23N3OS2/c1-3-5-13-27-22-24-18-17-7-6-12-23-20(17)28-19(18)21(26)25(22)14-16-10-8-15(4-2)9-11-16/h6-12H,3-5,13-14H2,1-2H3. The Morgan fingerprint density at radius 1 is 1.11 bits per heavy atom. The van der Waals surface area contributed by atoms with Gasteiger partial charge in [-0.15, -0.1) is 11.3 Å². The number of nitrogens with zero attached hydrogens (tertiary/aromatic N) is 3. The summed E-state index contributed by atoms with van der Waals surface area (Å²) in [7, 11) is 0. The highest BCUT2D eigenvalue weighted by atomic mass is 32.2. The minimum absolute atomic E-state index is 0.0339. The maximum atomic E-state index is 13.4. The van der Waals surface area contributed by atoms with E-state index in [-0.39, 0.29) is 5.56 Å². The maximum Gasteiger partial charge on any atom is 0.272 e. The number of fused-ring (bicyclic) bond motifs is 3. The predicted molar refractivity (Wildman–Crippen MR) is 120 cm³/mol. The Balaban J connectivity index is 1.83. The molecule has 3 heterocycles. The molecule has 0 bridgehead atoms. The molecule has 4 nitrogen and oxygen atoms in total. The molecule has 3 aromatic heterocycles. The zero-order valence-corrected chi connectivity index (χ0v) is 17.8. The zero-order valence-electron chi connectivity index (χ0n) is 16.1. The summed E-state index contributed by atoms with van der Waals surface area (Å²) in [6.45, 7) is 4.87. The van der Waals surface area contributed by atoms with Crippen molar-refractivity contribution in [3.05, 3.63) is 64.1 Å². The average molecular weight is 410 g/mol. The second-order valence-corrected chi connectivity index (χ2v) is 8.85. The summed E-state index contributed by atoms with van der Waals surface area (Å²) in [5.74, 6) is 0.962. The van der Waals surface area contributed by atoms with Gasteiger partial charge >= 0.3 is 0 Å². The van der Waals surface area contributed by atoms with Gasteiger partial charge in [-0.2, -0.15) is 0 Å². The first-order valence-electron chi connectivity index (χ1n) is 9.70. The van der Waals surface area contributed by atoms with E-state index in [1.807, 2.05) is 16.7 Å². The lowest BCUT2D eigenvalue weighted by Gasteiger charge is -2.12. The Labute approximate surface area is 172 Å². The smallest absolute Gasteiger partial charge is 0.272 e. The van der Waals surface area contributed by atoms with Gasteiger partial charge in [0.2, 0.25) is 0 Å². The van der Waals surface area contributed by atoms with Crippen molar-refractivity contribution in [2.24, 2.45) is 0 Å². The Bertz CT molecular complexity index is 1160. The van der Waals surface area contributed by atoms with E-state index in [9.17, 15) is 4.79 Å². The summed E-state index contributed by atoms with van der Waals surface area (Å²) < 4.78 is 2.53. The van der Waals surface area contributed by atoms with E-state index in [0.29, 0.717) is 11.2 Å². The van der Waals surface area contributed by atoms with E-state index >= 15 is 0 Å². The highest BCUT2D eigenvalue weighted by molar-refractivity contribution is 7.99. The number of unbranched alkanes of at least 4 members (excludes halogenated alkanes) is 1. The van der Waals surface area contributed by atoms with Crippen LogP contribution in [0.15, 0.2) is 52.5 Å². The number of thioether (sulfide) groups is 1. The van der Waals surface area contributed by atoms with Crippen molar-refractivity contribution < 1.29 is 0 Å². The molecule has 1 aromatic carbocycles. The molecule has 0 amide bonds. The fourth-order valence-electron chi connectivity index (χ4n) is 3.16. The molecule has 4 rings (SSSR count). The average Bonchev–Trinajstić information content (AvgIpc) is 3.10. The molecule has 6 heteroatoms. The molecular weight excluding hydrogens is 386 g/mol. The Morgan fingerprint density at radius 2 is 1.89 bits per heavy atom. The van der Waals surface area contributed by atoms with Crippen LogP contribution in [0.1, 0.15) is 37.8 Å². The minimum Gasteiger partial charge on any atom is -0.282 e. The van der Waals surface area contributed by atoms with Crippen LogP contribution in [0.5, 0.6) is 0 Å². The Morgan fingerprint density at radius 3 is 2.64 bits per heavy atom. The molecule has 0 radical (unpaired) electrons. The van der Waals surface area contributed by atoms with Crippen molar-refractivity contribution in [1.82, 2.24) is 14.5 Å². The fraction of sp³-hybridized carbons (Fsp3) is 0.318. The largest absolute Gasteiger partial charge is 0.282 e. The van der Waals surface area contributed by atoms with Gasteiger partial charge in [0.25, 0.3) is 5.56 Å². The molecule has 0 aliphatic heterocycles. The van der Waals surface area contributed by atoms with Crippen molar-refractivity contribution in [3.8, 4) is 0 Å². The number of hydrogen-bond acceptors (Lipinski definition) is 5. The number of pyridine rings is 1. The Kier molecular flexibility index (Phi) is 5.78. The quantitative estimate of drug-likeness (QED) is 0.229. The summed E-state index contributed by atoms with van der Waals surface area (Å²) in [6, 6.07) is 12.4. The van der Waals surface area contributed by atoms with Crippen molar-refractivity contribution in [3.63, 3.8) is 0 Å². The van der Waals surface area contributed by atoms with Crippen molar-refractivity contribution in [2.45, 2.75) is 44.8 Å². The van der Waals surface area contributed by atoms with Gasteiger partial charge in [0.1, 0.15) is 9.53 Å². The SMILES string of the molecule is CCCCSc1nc2c(sc3ncccc32)c(=O)n1Cc1ccc(CC)cc1. The lowest BCUT2D eigenvalue weighted by Crippen LogP contribution is -2.23. The maximum absolute atomic E-state index is 13.4. The second kappa shape index (κ2) is 8.45. The van der Waals surface area contributed by atoms with Crippen LogP contribution < -0.4 is 5.56 Å². The van der Waals surface area contributed by atoms with Crippen LogP contribution in [0.4, 0.5) is 0 Å². The van der Waals surface area contributed by atoms with Gasteiger partial charge in [0.15, 0.2) is 5.16 Å². The Hall–Kier alpha value is -2.18. The van der Waals surface area contributed by atoms with Crippen LogP contribution in [0.25, 0.3) is 20.4 Å². The summed E-state index contributed by atoms with van der Waals surface area (Å²) in [5.41, 5.74) is 3.25. The van der Waals surface area contributed by atoms with Gasteiger partial charge < -0.3 is 0 Å².